The monoisotopic (exact) mass is 267 g/mol. The summed E-state index contributed by atoms with van der Waals surface area (Å²) in [7, 11) is 3.56. The van der Waals surface area contributed by atoms with Gasteiger partial charge in [0.2, 0.25) is 0 Å². The van der Waals surface area contributed by atoms with E-state index < -0.39 is 5.54 Å². The van der Waals surface area contributed by atoms with E-state index in [9.17, 15) is 4.79 Å². The van der Waals surface area contributed by atoms with Crippen LogP contribution in [0.5, 0.6) is 0 Å². The van der Waals surface area contributed by atoms with Crippen molar-refractivity contribution >= 4 is 5.97 Å². The number of carbonyl (C=O) groups excluding carboxylic acids is 1. The molecule has 0 aromatic rings. The third-order valence-electron chi connectivity index (χ3n) is 4.47. The fourth-order valence-corrected chi connectivity index (χ4v) is 3.44. The van der Waals surface area contributed by atoms with Crippen molar-refractivity contribution in [1.82, 2.24) is 10.2 Å². The molecule has 0 spiro atoms. The molecule has 2 unspecified atom stereocenters. The molecule has 2 saturated heterocycles. The Hall–Kier alpha value is -1.30. The summed E-state index contributed by atoms with van der Waals surface area (Å²) in [5, 5.41) is 6.77. The van der Waals surface area contributed by atoms with E-state index in [1.807, 2.05) is 0 Å². The summed E-state index contributed by atoms with van der Waals surface area (Å²) in [5.41, 5.74) is 7.67. The first-order chi connectivity index (χ1) is 9.13. The van der Waals surface area contributed by atoms with Gasteiger partial charge in [-0.1, -0.05) is 5.11 Å². The SMILES string of the molecule is COC(=O)C1(NCCN=[N+]=[N-])CC2CCC(C1)N2C. The van der Waals surface area contributed by atoms with E-state index in [2.05, 4.69) is 27.3 Å². The molecule has 2 bridgehead atoms. The number of nitrogens with one attached hydrogen (secondary N) is 1. The van der Waals surface area contributed by atoms with Crippen LogP contribution in [0.3, 0.4) is 0 Å². The Morgan fingerprint density at radius 2 is 2.16 bits per heavy atom. The Labute approximate surface area is 112 Å². The number of hydrogen-bond donors (Lipinski definition) is 1. The molecule has 2 rings (SSSR count). The van der Waals surface area contributed by atoms with Gasteiger partial charge in [0, 0.05) is 30.1 Å². The number of esters is 1. The maximum atomic E-state index is 12.2. The second-order valence-electron chi connectivity index (χ2n) is 5.41. The summed E-state index contributed by atoms with van der Waals surface area (Å²) in [4.78, 5) is 17.3. The first kappa shape index (κ1) is 14.1. The van der Waals surface area contributed by atoms with Crippen LogP contribution in [0.1, 0.15) is 25.7 Å². The molecule has 2 aliphatic rings. The minimum absolute atomic E-state index is 0.196. The lowest BCUT2D eigenvalue weighted by Crippen LogP contribution is -2.61. The van der Waals surface area contributed by atoms with Crippen molar-refractivity contribution in [2.75, 3.05) is 27.2 Å². The van der Waals surface area contributed by atoms with E-state index in [1.54, 1.807) is 0 Å². The number of azide groups is 1. The van der Waals surface area contributed by atoms with Gasteiger partial charge in [0.15, 0.2) is 0 Å². The lowest BCUT2D eigenvalue weighted by molar-refractivity contribution is -0.152. The normalized spacial score (nSPS) is 33.8. The molecule has 0 saturated carbocycles. The second kappa shape index (κ2) is 5.77. The summed E-state index contributed by atoms with van der Waals surface area (Å²) in [6, 6.07) is 0.870. The van der Waals surface area contributed by atoms with E-state index in [0.29, 0.717) is 25.2 Å². The molecular weight excluding hydrogens is 246 g/mol. The van der Waals surface area contributed by atoms with Crippen LogP contribution in [0.15, 0.2) is 5.11 Å². The molecule has 1 N–H and O–H groups in total. The predicted molar refractivity (Wildman–Crippen MR) is 70.6 cm³/mol. The third kappa shape index (κ3) is 2.68. The van der Waals surface area contributed by atoms with Gasteiger partial charge in [0.1, 0.15) is 5.54 Å². The molecule has 0 amide bonds. The summed E-state index contributed by atoms with van der Waals surface area (Å²) >= 11 is 0. The number of piperidine rings is 1. The lowest BCUT2D eigenvalue weighted by Gasteiger charge is -2.43. The molecule has 2 heterocycles. The Kier molecular flexibility index (Phi) is 4.29. The first-order valence-electron chi connectivity index (χ1n) is 6.69. The number of methoxy groups -OCH3 is 1. The van der Waals surface area contributed by atoms with Crippen LogP contribution < -0.4 is 5.32 Å². The van der Waals surface area contributed by atoms with Crippen LogP contribution in [-0.2, 0) is 9.53 Å². The van der Waals surface area contributed by atoms with Crippen molar-refractivity contribution in [3.8, 4) is 0 Å². The highest BCUT2D eigenvalue weighted by Crippen LogP contribution is 2.40. The van der Waals surface area contributed by atoms with Crippen molar-refractivity contribution in [2.45, 2.75) is 43.3 Å². The molecule has 2 atom stereocenters. The lowest BCUT2D eigenvalue weighted by atomic mass is 9.83. The highest BCUT2D eigenvalue weighted by molar-refractivity contribution is 5.81. The molecule has 106 valence electrons. The quantitative estimate of drug-likeness (QED) is 0.265. The smallest absolute Gasteiger partial charge is 0.326 e. The Morgan fingerprint density at radius 3 is 2.68 bits per heavy atom. The topological polar surface area (TPSA) is 90.3 Å². The number of rotatable bonds is 5. The maximum Gasteiger partial charge on any atom is 0.326 e. The van der Waals surface area contributed by atoms with Gasteiger partial charge in [-0.05, 0) is 38.3 Å². The average molecular weight is 267 g/mol. The van der Waals surface area contributed by atoms with Crippen LogP contribution in [0, 0.1) is 0 Å². The van der Waals surface area contributed by atoms with E-state index >= 15 is 0 Å². The molecule has 7 nitrogen and oxygen atoms in total. The maximum absolute atomic E-state index is 12.2. The molecule has 7 heteroatoms. The van der Waals surface area contributed by atoms with Gasteiger partial charge in [0.25, 0.3) is 0 Å². The molecule has 0 aliphatic carbocycles. The van der Waals surface area contributed by atoms with Gasteiger partial charge in [-0.3, -0.25) is 4.79 Å². The van der Waals surface area contributed by atoms with Crippen LogP contribution in [0.4, 0.5) is 0 Å². The molecule has 2 aliphatic heterocycles. The van der Waals surface area contributed by atoms with Gasteiger partial charge in [-0.25, -0.2) is 0 Å². The van der Waals surface area contributed by atoms with Crippen LogP contribution in [0.2, 0.25) is 0 Å². The zero-order valence-corrected chi connectivity index (χ0v) is 11.5. The summed E-state index contributed by atoms with van der Waals surface area (Å²) in [6.07, 6.45) is 3.81. The van der Waals surface area contributed by atoms with E-state index in [4.69, 9.17) is 10.3 Å². The van der Waals surface area contributed by atoms with Gasteiger partial charge >= 0.3 is 5.97 Å². The van der Waals surface area contributed by atoms with Crippen LogP contribution >= 0.6 is 0 Å². The second-order valence-corrected chi connectivity index (χ2v) is 5.41. The number of fused-ring (bicyclic) bond motifs is 2. The van der Waals surface area contributed by atoms with Crippen LogP contribution in [-0.4, -0.2) is 55.7 Å². The Morgan fingerprint density at radius 1 is 1.53 bits per heavy atom. The van der Waals surface area contributed by atoms with Crippen LogP contribution in [0.25, 0.3) is 10.4 Å². The highest BCUT2D eigenvalue weighted by atomic mass is 16.5. The first-order valence-corrected chi connectivity index (χ1v) is 6.69. The fourth-order valence-electron chi connectivity index (χ4n) is 3.44. The minimum Gasteiger partial charge on any atom is -0.468 e. The molecule has 19 heavy (non-hydrogen) atoms. The predicted octanol–water partition coefficient (Wildman–Crippen LogP) is 1.05. The number of ether oxygens (including phenoxy) is 1. The van der Waals surface area contributed by atoms with E-state index in [0.717, 1.165) is 25.7 Å². The summed E-state index contributed by atoms with van der Waals surface area (Å²) in [5.74, 6) is -0.196. The summed E-state index contributed by atoms with van der Waals surface area (Å²) in [6.45, 7) is 0.850. The fraction of sp³-hybridized carbons (Fsp3) is 0.917. The van der Waals surface area contributed by atoms with Gasteiger partial charge < -0.3 is 15.0 Å². The molecule has 0 radical (unpaired) electrons. The van der Waals surface area contributed by atoms with Crippen molar-refractivity contribution in [3.63, 3.8) is 0 Å². The zero-order valence-electron chi connectivity index (χ0n) is 11.5. The standard InChI is InChI=1S/C12H21N5O2/c1-17-9-3-4-10(17)8-12(7-9,11(18)19-2)14-5-6-15-16-13/h9-10,14H,3-8H2,1-2H3. The molecule has 0 aromatic carbocycles. The van der Waals surface area contributed by atoms with Crippen molar-refractivity contribution in [3.05, 3.63) is 10.4 Å². The number of carbonyl (C=O) groups is 1. The van der Waals surface area contributed by atoms with Gasteiger partial charge in [-0.2, -0.15) is 0 Å². The van der Waals surface area contributed by atoms with Crippen molar-refractivity contribution < 1.29 is 9.53 Å². The Bertz CT molecular complexity index is 380. The van der Waals surface area contributed by atoms with Gasteiger partial charge in [0.05, 0.1) is 7.11 Å². The van der Waals surface area contributed by atoms with Crippen molar-refractivity contribution in [1.29, 1.82) is 0 Å². The average Bonchev–Trinajstić information content (AvgIpc) is 2.66. The van der Waals surface area contributed by atoms with Crippen molar-refractivity contribution in [2.24, 2.45) is 5.11 Å². The minimum atomic E-state index is -0.613. The van der Waals surface area contributed by atoms with Gasteiger partial charge in [-0.15, -0.1) is 0 Å². The number of nitrogens with zero attached hydrogens (tertiary/aromatic N) is 4. The highest BCUT2D eigenvalue weighted by Gasteiger charge is 2.51. The molecular formula is C12H21N5O2. The van der Waals surface area contributed by atoms with E-state index in [-0.39, 0.29) is 5.97 Å². The third-order valence-corrected chi connectivity index (χ3v) is 4.47. The van der Waals surface area contributed by atoms with E-state index in [1.165, 1.54) is 7.11 Å². The summed E-state index contributed by atoms with van der Waals surface area (Å²) < 4.78 is 4.99. The zero-order chi connectivity index (χ0) is 13.9. The molecule has 0 aromatic heterocycles. The number of hydrogen-bond acceptors (Lipinski definition) is 5. The Balaban J connectivity index is 2.08. The largest absolute Gasteiger partial charge is 0.468 e. The molecule has 2 fully saturated rings.